The fraction of sp³-hybridized carbons (Fsp3) is 0.480. The van der Waals surface area contributed by atoms with Crippen molar-refractivity contribution in [1.29, 1.82) is 0 Å². The molecule has 2 atom stereocenters. The van der Waals surface area contributed by atoms with E-state index in [1.54, 1.807) is 4.90 Å². The van der Waals surface area contributed by atoms with E-state index in [0.29, 0.717) is 25.1 Å². The summed E-state index contributed by atoms with van der Waals surface area (Å²) in [5.74, 6) is 1.44. The number of hydrogen-bond acceptors (Lipinski definition) is 4. The zero-order valence-electron chi connectivity index (χ0n) is 17.5. The first kappa shape index (κ1) is 19.6. The van der Waals surface area contributed by atoms with Gasteiger partial charge in [0.1, 0.15) is 6.61 Å². The van der Waals surface area contributed by atoms with Gasteiger partial charge in [0.05, 0.1) is 5.69 Å². The summed E-state index contributed by atoms with van der Waals surface area (Å²) in [6.07, 6.45) is 4.47. The van der Waals surface area contributed by atoms with Crippen LogP contribution in [-0.4, -0.2) is 38.3 Å². The minimum atomic E-state index is -0.252. The summed E-state index contributed by atoms with van der Waals surface area (Å²) in [5.41, 5.74) is 4.71. The highest BCUT2D eigenvalue weighted by Crippen LogP contribution is 2.43. The molecule has 1 aliphatic carbocycles. The van der Waals surface area contributed by atoms with Crippen molar-refractivity contribution in [3.63, 3.8) is 0 Å². The molecule has 0 spiro atoms. The maximum Gasteiger partial charge on any atom is 0.414 e. The number of nitrogens with one attached hydrogen (secondary N) is 2. The van der Waals surface area contributed by atoms with Crippen LogP contribution in [0, 0.1) is 5.92 Å². The maximum atomic E-state index is 12.6. The first-order valence-corrected chi connectivity index (χ1v) is 11.3. The zero-order chi connectivity index (χ0) is 20.3. The molecule has 158 valence electrons. The Kier molecular flexibility index (Phi) is 5.73. The summed E-state index contributed by atoms with van der Waals surface area (Å²) in [4.78, 5) is 14.4. The Hall–Kier alpha value is -2.37. The average Bonchev–Trinajstić information content (AvgIpc) is 3.46. The molecule has 3 aliphatic rings. The lowest BCUT2D eigenvalue weighted by atomic mass is 9.98. The van der Waals surface area contributed by atoms with Crippen molar-refractivity contribution in [3.05, 3.63) is 65.2 Å². The van der Waals surface area contributed by atoms with Crippen LogP contribution in [0.4, 0.5) is 10.5 Å². The third-order valence-electron chi connectivity index (χ3n) is 6.77. The van der Waals surface area contributed by atoms with Crippen LogP contribution in [0.15, 0.2) is 48.5 Å². The van der Waals surface area contributed by atoms with E-state index in [9.17, 15) is 4.79 Å². The van der Waals surface area contributed by atoms with Gasteiger partial charge in [0.25, 0.3) is 0 Å². The third-order valence-corrected chi connectivity index (χ3v) is 6.77. The third kappa shape index (κ3) is 4.37. The van der Waals surface area contributed by atoms with Crippen molar-refractivity contribution >= 4 is 11.8 Å². The van der Waals surface area contributed by atoms with Crippen molar-refractivity contribution in [1.82, 2.24) is 10.6 Å². The van der Waals surface area contributed by atoms with E-state index in [-0.39, 0.29) is 6.09 Å². The number of amides is 1. The number of piperidine rings is 1. The second-order valence-corrected chi connectivity index (χ2v) is 8.88. The number of fused-ring (bicyclic) bond motifs is 1. The zero-order valence-corrected chi connectivity index (χ0v) is 17.5. The molecule has 2 aromatic rings. The van der Waals surface area contributed by atoms with Crippen LogP contribution in [-0.2, 0) is 17.8 Å². The Morgan fingerprint density at radius 2 is 1.97 bits per heavy atom. The molecule has 2 N–H and O–H groups in total. The number of nitrogens with zero attached hydrogens (tertiary/aromatic N) is 1. The van der Waals surface area contributed by atoms with Gasteiger partial charge in [0, 0.05) is 18.5 Å². The summed E-state index contributed by atoms with van der Waals surface area (Å²) >= 11 is 0. The molecule has 2 heterocycles. The normalized spacial score (nSPS) is 23.3. The lowest BCUT2D eigenvalue weighted by molar-refractivity contribution is 0.147. The van der Waals surface area contributed by atoms with Crippen molar-refractivity contribution in [2.24, 2.45) is 5.92 Å². The summed E-state index contributed by atoms with van der Waals surface area (Å²) in [5, 5.41) is 7.23. The van der Waals surface area contributed by atoms with Crippen molar-refractivity contribution in [2.45, 2.75) is 44.2 Å². The Morgan fingerprint density at radius 1 is 1.13 bits per heavy atom. The van der Waals surface area contributed by atoms with Crippen LogP contribution in [0.5, 0.6) is 0 Å². The monoisotopic (exact) mass is 405 g/mol. The summed E-state index contributed by atoms with van der Waals surface area (Å²) in [7, 11) is 0. The molecule has 1 amide bonds. The lowest BCUT2D eigenvalue weighted by Gasteiger charge is -2.23. The van der Waals surface area contributed by atoms with E-state index < -0.39 is 0 Å². The first-order chi connectivity index (χ1) is 14.8. The molecule has 2 aliphatic heterocycles. The van der Waals surface area contributed by atoms with E-state index in [2.05, 4.69) is 28.8 Å². The van der Waals surface area contributed by atoms with Gasteiger partial charge in [-0.2, -0.15) is 0 Å². The van der Waals surface area contributed by atoms with E-state index in [4.69, 9.17) is 4.74 Å². The number of hydrogen-bond donors (Lipinski definition) is 2. The van der Waals surface area contributed by atoms with Crippen LogP contribution in [0.2, 0.25) is 0 Å². The van der Waals surface area contributed by atoms with E-state index in [1.165, 1.54) is 30.4 Å². The van der Waals surface area contributed by atoms with E-state index >= 15 is 0 Å². The maximum absolute atomic E-state index is 12.6. The molecule has 0 radical (unpaired) electrons. The predicted molar refractivity (Wildman–Crippen MR) is 119 cm³/mol. The Labute approximate surface area is 178 Å². The number of carbonyl (C=O) groups is 1. The molecule has 5 nitrogen and oxygen atoms in total. The molecule has 2 fully saturated rings. The minimum Gasteiger partial charge on any atom is -0.444 e. The molecule has 30 heavy (non-hydrogen) atoms. The van der Waals surface area contributed by atoms with Gasteiger partial charge in [-0.25, -0.2) is 4.79 Å². The predicted octanol–water partition coefficient (Wildman–Crippen LogP) is 3.83. The van der Waals surface area contributed by atoms with E-state index in [0.717, 1.165) is 43.2 Å². The van der Waals surface area contributed by atoms with Crippen LogP contribution in [0.3, 0.4) is 0 Å². The van der Waals surface area contributed by atoms with Gasteiger partial charge >= 0.3 is 6.09 Å². The summed E-state index contributed by atoms with van der Waals surface area (Å²) in [6.45, 7) is 4.49. The Morgan fingerprint density at radius 3 is 2.80 bits per heavy atom. The molecular weight excluding hydrogens is 374 g/mol. The molecule has 2 aromatic carbocycles. The molecule has 0 bridgehead atoms. The number of ether oxygens (including phenoxy) is 1. The highest BCUT2D eigenvalue weighted by molar-refractivity contribution is 5.90. The summed E-state index contributed by atoms with van der Waals surface area (Å²) in [6, 6.07) is 17.1. The SMILES string of the molecule is O=C(OCc1ccccc1)N1CCc2cc(C3CC3NCC3CCNCC3)ccc21. The Bertz CT molecular complexity index is 879. The van der Waals surface area contributed by atoms with Crippen molar-refractivity contribution in [2.75, 3.05) is 31.1 Å². The number of benzene rings is 2. The van der Waals surface area contributed by atoms with Gasteiger partial charge in [-0.3, -0.25) is 4.90 Å². The van der Waals surface area contributed by atoms with Crippen molar-refractivity contribution < 1.29 is 9.53 Å². The van der Waals surface area contributed by atoms with Crippen LogP contribution in [0.25, 0.3) is 0 Å². The quantitative estimate of drug-likeness (QED) is 0.767. The van der Waals surface area contributed by atoms with Crippen LogP contribution >= 0.6 is 0 Å². The number of carbonyl (C=O) groups excluding carboxylic acids is 1. The minimum absolute atomic E-state index is 0.252. The average molecular weight is 406 g/mol. The molecule has 5 heteroatoms. The molecular formula is C25H31N3O2. The van der Waals surface area contributed by atoms with Gasteiger partial charge in [-0.1, -0.05) is 42.5 Å². The topological polar surface area (TPSA) is 53.6 Å². The van der Waals surface area contributed by atoms with E-state index in [1.807, 2.05) is 30.3 Å². The summed E-state index contributed by atoms with van der Waals surface area (Å²) < 4.78 is 5.54. The van der Waals surface area contributed by atoms with Gasteiger partial charge < -0.3 is 15.4 Å². The number of rotatable bonds is 6. The lowest BCUT2D eigenvalue weighted by Crippen LogP contribution is -2.34. The Balaban J connectivity index is 1.15. The molecule has 1 saturated carbocycles. The molecule has 2 unspecified atom stereocenters. The smallest absolute Gasteiger partial charge is 0.414 e. The first-order valence-electron chi connectivity index (χ1n) is 11.3. The van der Waals surface area contributed by atoms with Gasteiger partial charge in [0.2, 0.25) is 0 Å². The van der Waals surface area contributed by atoms with Crippen LogP contribution in [0.1, 0.15) is 41.9 Å². The molecule has 5 rings (SSSR count). The fourth-order valence-electron chi connectivity index (χ4n) is 4.83. The van der Waals surface area contributed by atoms with Crippen molar-refractivity contribution in [3.8, 4) is 0 Å². The van der Waals surface area contributed by atoms with Gasteiger partial charge in [-0.15, -0.1) is 0 Å². The van der Waals surface area contributed by atoms with Gasteiger partial charge in [0.15, 0.2) is 0 Å². The molecule has 1 saturated heterocycles. The second kappa shape index (κ2) is 8.78. The molecule has 0 aromatic heterocycles. The standard InChI is InChI=1S/C25H31N3O2/c29-25(30-17-19-4-2-1-3-5-19)28-13-10-21-14-20(6-7-24(21)28)22-15-23(22)27-16-18-8-11-26-12-9-18/h1-7,14,18,22-23,26-27H,8-13,15-17H2. The highest BCUT2D eigenvalue weighted by atomic mass is 16.6. The van der Waals surface area contributed by atoms with Gasteiger partial charge in [-0.05, 0) is 74.0 Å². The van der Waals surface area contributed by atoms with Crippen LogP contribution < -0.4 is 15.5 Å². The second-order valence-electron chi connectivity index (χ2n) is 8.88. The number of anilines is 1. The fourth-order valence-corrected chi connectivity index (χ4v) is 4.83. The largest absolute Gasteiger partial charge is 0.444 e. The highest BCUT2D eigenvalue weighted by Gasteiger charge is 2.39.